The Morgan fingerprint density at radius 2 is 2.17 bits per heavy atom. The summed E-state index contributed by atoms with van der Waals surface area (Å²) < 4.78 is 20.1. The molecule has 0 aromatic heterocycles. The number of ether oxygens (including phenoxy) is 1. The van der Waals surface area contributed by atoms with Crippen molar-refractivity contribution >= 4 is 23.1 Å². The van der Waals surface area contributed by atoms with Gasteiger partial charge < -0.3 is 9.64 Å². The number of nitrogens with zero attached hydrogens (tertiary/aromatic N) is 1. The molecule has 0 saturated carbocycles. The zero-order valence-corrected chi connectivity index (χ0v) is 14.4. The Labute approximate surface area is 146 Å². The number of fused-ring (bicyclic) bond motifs is 1. The summed E-state index contributed by atoms with van der Waals surface area (Å²) in [6.07, 6.45) is 0.862. The minimum atomic E-state index is -0.327. The summed E-state index contributed by atoms with van der Waals surface area (Å²) in [7, 11) is 0. The van der Waals surface area contributed by atoms with E-state index >= 15 is 0 Å². The van der Waals surface area contributed by atoms with Crippen LogP contribution in [0.5, 0.6) is 5.75 Å². The number of hydrogen-bond donors (Lipinski definition) is 0. The zero-order chi connectivity index (χ0) is 17.3. The van der Waals surface area contributed by atoms with E-state index in [0.29, 0.717) is 35.0 Å². The molecule has 5 heteroatoms. The Kier molecular flexibility index (Phi) is 4.76. The summed E-state index contributed by atoms with van der Waals surface area (Å²) in [6, 6.07) is 10.1. The maximum absolute atomic E-state index is 14.2. The van der Waals surface area contributed by atoms with Crippen LogP contribution >= 0.6 is 11.6 Å². The standard InChI is InChI=1S/C19H19ClFNO2/c1-3-14-10-22(11-15-16(20)5-4-6-17(15)21)18-9-13(12(2)23)7-8-19(18)24-14/h4-9,14H,3,10-11H2,1-2H3. The molecule has 1 heterocycles. The molecule has 0 amide bonds. The van der Waals surface area contributed by atoms with Crippen LogP contribution in [0.3, 0.4) is 0 Å². The molecule has 3 nitrogen and oxygen atoms in total. The van der Waals surface area contributed by atoms with Gasteiger partial charge in [0, 0.05) is 22.7 Å². The molecule has 0 radical (unpaired) electrons. The fraction of sp³-hybridized carbons (Fsp3) is 0.316. The van der Waals surface area contributed by atoms with Gasteiger partial charge in [0.1, 0.15) is 17.7 Å². The highest BCUT2D eigenvalue weighted by Gasteiger charge is 2.26. The van der Waals surface area contributed by atoms with Gasteiger partial charge >= 0.3 is 0 Å². The number of carbonyl (C=O) groups excluding carboxylic acids is 1. The molecule has 1 unspecified atom stereocenters. The number of Topliss-reactive ketones (excluding diaryl/α,β-unsaturated/α-hetero) is 1. The largest absolute Gasteiger partial charge is 0.486 e. The van der Waals surface area contributed by atoms with Gasteiger partial charge in [0.15, 0.2) is 5.78 Å². The van der Waals surface area contributed by atoms with E-state index in [1.54, 1.807) is 24.3 Å². The quantitative estimate of drug-likeness (QED) is 0.740. The van der Waals surface area contributed by atoms with Gasteiger partial charge in [-0.2, -0.15) is 0 Å². The number of carbonyl (C=O) groups is 1. The second-order valence-electron chi connectivity index (χ2n) is 5.97. The summed E-state index contributed by atoms with van der Waals surface area (Å²) >= 11 is 6.18. The van der Waals surface area contributed by atoms with Crippen LogP contribution in [0.25, 0.3) is 0 Å². The van der Waals surface area contributed by atoms with Gasteiger partial charge in [-0.3, -0.25) is 4.79 Å². The minimum Gasteiger partial charge on any atom is -0.486 e. The first-order valence-electron chi connectivity index (χ1n) is 7.99. The van der Waals surface area contributed by atoms with Gasteiger partial charge in [-0.15, -0.1) is 0 Å². The lowest BCUT2D eigenvalue weighted by Crippen LogP contribution is -2.39. The van der Waals surface area contributed by atoms with Crippen molar-refractivity contribution in [1.29, 1.82) is 0 Å². The lowest BCUT2D eigenvalue weighted by atomic mass is 10.1. The van der Waals surface area contributed by atoms with Crippen LogP contribution in [0.15, 0.2) is 36.4 Å². The number of hydrogen-bond acceptors (Lipinski definition) is 3. The Hall–Kier alpha value is -2.07. The summed E-state index contributed by atoms with van der Waals surface area (Å²) in [5, 5.41) is 0.402. The molecule has 3 rings (SSSR count). The molecule has 0 aliphatic carbocycles. The average molecular weight is 348 g/mol. The van der Waals surface area contributed by atoms with E-state index in [0.717, 1.165) is 12.1 Å². The van der Waals surface area contributed by atoms with Crippen molar-refractivity contribution in [2.24, 2.45) is 0 Å². The Morgan fingerprint density at radius 1 is 1.38 bits per heavy atom. The lowest BCUT2D eigenvalue weighted by molar-refractivity contribution is 0.101. The third-order valence-electron chi connectivity index (χ3n) is 4.29. The highest BCUT2D eigenvalue weighted by Crippen LogP contribution is 2.37. The number of halogens is 2. The van der Waals surface area contributed by atoms with Crippen LogP contribution in [-0.2, 0) is 6.54 Å². The maximum Gasteiger partial charge on any atom is 0.159 e. The molecule has 0 saturated heterocycles. The van der Waals surface area contributed by atoms with Crippen LogP contribution in [0.4, 0.5) is 10.1 Å². The van der Waals surface area contributed by atoms with Crippen LogP contribution in [0, 0.1) is 5.82 Å². The smallest absolute Gasteiger partial charge is 0.159 e. The van der Waals surface area contributed by atoms with E-state index in [-0.39, 0.29) is 17.7 Å². The number of anilines is 1. The fourth-order valence-corrected chi connectivity index (χ4v) is 3.10. The van der Waals surface area contributed by atoms with Crippen molar-refractivity contribution < 1.29 is 13.9 Å². The van der Waals surface area contributed by atoms with E-state index in [9.17, 15) is 9.18 Å². The van der Waals surface area contributed by atoms with Gasteiger partial charge in [0.2, 0.25) is 0 Å². The number of rotatable bonds is 4. The SMILES string of the molecule is CCC1CN(Cc2c(F)cccc2Cl)c2cc(C(C)=O)ccc2O1. The zero-order valence-electron chi connectivity index (χ0n) is 13.7. The molecule has 0 bridgehead atoms. The third-order valence-corrected chi connectivity index (χ3v) is 4.64. The van der Waals surface area contributed by atoms with Gasteiger partial charge in [0.05, 0.1) is 12.2 Å². The Balaban J connectivity index is 2.01. The van der Waals surface area contributed by atoms with Gasteiger partial charge in [-0.05, 0) is 43.7 Å². The molecule has 0 spiro atoms. The molecule has 1 atom stereocenters. The van der Waals surface area contributed by atoms with E-state index in [4.69, 9.17) is 16.3 Å². The van der Waals surface area contributed by atoms with Crippen molar-refractivity contribution in [3.8, 4) is 5.75 Å². The second-order valence-corrected chi connectivity index (χ2v) is 6.37. The number of benzene rings is 2. The molecule has 2 aromatic carbocycles. The second kappa shape index (κ2) is 6.81. The number of ketones is 1. The van der Waals surface area contributed by atoms with E-state index in [1.165, 1.54) is 13.0 Å². The van der Waals surface area contributed by atoms with Crippen molar-refractivity contribution in [3.63, 3.8) is 0 Å². The average Bonchev–Trinajstić information content (AvgIpc) is 2.57. The van der Waals surface area contributed by atoms with Crippen molar-refractivity contribution in [1.82, 2.24) is 0 Å². The first-order chi connectivity index (χ1) is 11.5. The minimum absolute atomic E-state index is 0.0145. The van der Waals surface area contributed by atoms with Crippen LogP contribution in [0.2, 0.25) is 5.02 Å². The fourth-order valence-electron chi connectivity index (χ4n) is 2.88. The lowest BCUT2D eigenvalue weighted by Gasteiger charge is -2.36. The molecule has 1 aliphatic rings. The highest BCUT2D eigenvalue weighted by atomic mass is 35.5. The van der Waals surface area contributed by atoms with Crippen LogP contribution < -0.4 is 9.64 Å². The molecule has 126 valence electrons. The Bertz CT molecular complexity index is 758. The topological polar surface area (TPSA) is 29.5 Å². The summed E-state index contributed by atoms with van der Waals surface area (Å²) in [5.41, 5.74) is 1.86. The molecular weight excluding hydrogens is 329 g/mol. The first kappa shape index (κ1) is 16.8. The maximum atomic E-state index is 14.2. The van der Waals surface area contributed by atoms with Gasteiger partial charge in [-0.1, -0.05) is 24.6 Å². The van der Waals surface area contributed by atoms with Crippen molar-refractivity contribution in [2.45, 2.75) is 32.9 Å². The highest BCUT2D eigenvalue weighted by molar-refractivity contribution is 6.31. The van der Waals surface area contributed by atoms with E-state index in [2.05, 4.69) is 0 Å². The molecule has 0 fully saturated rings. The predicted octanol–water partition coefficient (Wildman–Crippen LogP) is 4.86. The van der Waals surface area contributed by atoms with Crippen molar-refractivity contribution in [3.05, 3.63) is 58.4 Å². The Morgan fingerprint density at radius 3 is 2.83 bits per heavy atom. The van der Waals surface area contributed by atoms with Crippen LogP contribution in [0.1, 0.15) is 36.2 Å². The third kappa shape index (κ3) is 3.24. The first-order valence-corrected chi connectivity index (χ1v) is 8.37. The molecule has 1 aliphatic heterocycles. The molecule has 24 heavy (non-hydrogen) atoms. The molecular formula is C19H19ClFNO2. The van der Waals surface area contributed by atoms with E-state index in [1.807, 2.05) is 17.9 Å². The van der Waals surface area contributed by atoms with Crippen molar-refractivity contribution in [2.75, 3.05) is 11.4 Å². The van der Waals surface area contributed by atoms with Crippen LogP contribution in [-0.4, -0.2) is 18.4 Å². The molecule has 0 N–H and O–H groups in total. The van der Waals surface area contributed by atoms with Gasteiger partial charge in [-0.25, -0.2) is 4.39 Å². The van der Waals surface area contributed by atoms with E-state index < -0.39 is 0 Å². The predicted molar refractivity (Wildman–Crippen MR) is 93.6 cm³/mol. The molecule has 2 aromatic rings. The normalized spacial score (nSPS) is 16.5. The summed E-state index contributed by atoms with van der Waals surface area (Å²) in [6.45, 7) is 4.53. The summed E-state index contributed by atoms with van der Waals surface area (Å²) in [5.74, 6) is 0.371. The van der Waals surface area contributed by atoms with Gasteiger partial charge in [0.25, 0.3) is 0 Å². The summed E-state index contributed by atoms with van der Waals surface area (Å²) in [4.78, 5) is 13.7. The monoisotopic (exact) mass is 347 g/mol.